The van der Waals surface area contributed by atoms with Crippen molar-refractivity contribution in [1.29, 1.82) is 0 Å². The van der Waals surface area contributed by atoms with E-state index in [1.165, 1.54) is 6.92 Å². The number of likely N-dealkylation sites (tertiary alicyclic amines) is 1. The van der Waals surface area contributed by atoms with Crippen LogP contribution in [0.3, 0.4) is 0 Å². The van der Waals surface area contributed by atoms with E-state index in [0.717, 1.165) is 28.5 Å². The summed E-state index contributed by atoms with van der Waals surface area (Å²) in [5, 5.41) is 2.90. The molecule has 4 nitrogen and oxygen atoms in total. The predicted octanol–water partition coefficient (Wildman–Crippen LogP) is 2.03. The Morgan fingerprint density at radius 3 is 2.89 bits per heavy atom. The monoisotopic (exact) mass is 372 g/mol. The van der Waals surface area contributed by atoms with Crippen molar-refractivity contribution in [3.05, 3.63) is 33.4 Å². The molecule has 19 heavy (non-hydrogen) atoms. The van der Waals surface area contributed by atoms with Crippen molar-refractivity contribution in [1.82, 2.24) is 10.2 Å². The van der Waals surface area contributed by atoms with E-state index in [1.54, 1.807) is 0 Å². The number of hydrogen-bond donors (Lipinski definition) is 1. The van der Waals surface area contributed by atoms with Crippen LogP contribution in [0.25, 0.3) is 0 Å². The lowest BCUT2D eigenvalue weighted by atomic mass is 10.0. The van der Waals surface area contributed by atoms with Crippen LogP contribution in [0.1, 0.15) is 30.1 Å². The molecule has 5 heteroatoms. The third-order valence-electron chi connectivity index (χ3n) is 3.19. The number of benzene rings is 1. The Bertz CT molecular complexity index is 490. The minimum absolute atomic E-state index is 0.0337. The number of piperidine rings is 1. The molecule has 1 N–H and O–H groups in total. The van der Waals surface area contributed by atoms with Crippen molar-refractivity contribution >= 4 is 34.4 Å². The standard InChI is InChI=1S/C14H17IN2O2/c1-10(18)16-13-6-3-7-17(9-13)14(19)11-4-2-5-12(15)8-11/h2,4-5,8,13H,3,6-7,9H2,1H3,(H,16,18). The number of carbonyl (C=O) groups excluding carboxylic acids is 2. The van der Waals surface area contributed by atoms with Crippen LogP contribution in [-0.2, 0) is 4.79 Å². The number of nitrogens with one attached hydrogen (secondary N) is 1. The van der Waals surface area contributed by atoms with E-state index >= 15 is 0 Å². The zero-order valence-corrected chi connectivity index (χ0v) is 13.0. The first-order valence-corrected chi connectivity index (χ1v) is 7.46. The number of carbonyl (C=O) groups is 2. The van der Waals surface area contributed by atoms with E-state index < -0.39 is 0 Å². The van der Waals surface area contributed by atoms with E-state index in [0.29, 0.717) is 6.54 Å². The van der Waals surface area contributed by atoms with Gasteiger partial charge in [-0.3, -0.25) is 9.59 Å². The summed E-state index contributed by atoms with van der Waals surface area (Å²) < 4.78 is 1.05. The normalized spacial score (nSPS) is 19.1. The minimum Gasteiger partial charge on any atom is -0.352 e. The van der Waals surface area contributed by atoms with Crippen LogP contribution < -0.4 is 5.32 Å². The number of hydrogen-bond acceptors (Lipinski definition) is 2. The minimum atomic E-state index is -0.0337. The van der Waals surface area contributed by atoms with Gasteiger partial charge in [-0.15, -0.1) is 0 Å². The lowest BCUT2D eigenvalue weighted by Crippen LogP contribution is -2.49. The third kappa shape index (κ3) is 3.92. The Hall–Kier alpha value is -1.11. The molecule has 102 valence electrons. The topological polar surface area (TPSA) is 49.4 Å². The van der Waals surface area contributed by atoms with Gasteiger partial charge in [0.2, 0.25) is 5.91 Å². The molecule has 1 aliphatic rings. The molecule has 1 unspecified atom stereocenters. The second-order valence-corrected chi connectivity index (χ2v) is 6.05. The Kier molecular flexibility index (Phi) is 4.79. The first-order valence-electron chi connectivity index (χ1n) is 6.38. The van der Waals surface area contributed by atoms with Gasteiger partial charge in [-0.2, -0.15) is 0 Å². The van der Waals surface area contributed by atoms with Crippen LogP contribution >= 0.6 is 22.6 Å². The molecule has 0 aliphatic carbocycles. The van der Waals surface area contributed by atoms with Gasteiger partial charge in [0.1, 0.15) is 0 Å². The Balaban J connectivity index is 2.04. The number of amides is 2. The zero-order chi connectivity index (χ0) is 13.8. The average Bonchev–Trinajstić information content (AvgIpc) is 2.37. The molecule has 1 aliphatic heterocycles. The first-order chi connectivity index (χ1) is 9.06. The van der Waals surface area contributed by atoms with E-state index in [9.17, 15) is 9.59 Å². The number of nitrogens with zero attached hydrogens (tertiary/aromatic N) is 1. The fraction of sp³-hybridized carbons (Fsp3) is 0.429. The van der Waals surface area contributed by atoms with Gasteiger partial charge in [0.25, 0.3) is 5.91 Å². The van der Waals surface area contributed by atoms with Gasteiger partial charge in [-0.05, 0) is 53.6 Å². The predicted molar refractivity (Wildman–Crippen MR) is 81.9 cm³/mol. The van der Waals surface area contributed by atoms with Gasteiger partial charge < -0.3 is 10.2 Å². The second-order valence-electron chi connectivity index (χ2n) is 4.80. The summed E-state index contributed by atoms with van der Waals surface area (Å²) in [5.74, 6) is 0.0159. The quantitative estimate of drug-likeness (QED) is 0.808. The fourth-order valence-electron chi connectivity index (χ4n) is 2.37. The zero-order valence-electron chi connectivity index (χ0n) is 10.9. The molecule has 2 amide bonds. The summed E-state index contributed by atoms with van der Waals surface area (Å²) in [7, 11) is 0. The molecular formula is C14H17IN2O2. The highest BCUT2D eigenvalue weighted by molar-refractivity contribution is 14.1. The summed E-state index contributed by atoms with van der Waals surface area (Å²) in [6.45, 7) is 2.88. The molecule has 0 bridgehead atoms. The highest BCUT2D eigenvalue weighted by Gasteiger charge is 2.24. The van der Waals surface area contributed by atoms with Crippen LogP contribution in [-0.4, -0.2) is 35.8 Å². The Morgan fingerprint density at radius 2 is 2.21 bits per heavy atom. The Labute approximate surface area is 126 Å². The van der Waals surface area contributed by atoms with Gasteiger partial charge >= 0.3 is 0 Å². The molecule has 2 rings (SSSR count). The van der Waals surface area contributed by atoms with Crippen LogP contribution in [0.4, 0.5) is 0 Å². The highest BCUT2D eigenvalue weighted by Crippen LogP contribution is 2.15. The maximum atomic E-state index is 12.4. The van der Waals surface area contributed by atoms with Crippen LogP contribution in [0, 0.1) is 3.57 Å². The van der Waals surface area contributed by atoms with Gasteiger partial charge in [0.05, 0.1) is 0 Å². The second kappa shape index (κ2) is 6.36. The molecule has 1 fully saturated rings. The van der Waals surface area contributed by atoms with Crippen LogP contribution in [0.15, 0.2) is 24.3 Å². The largest absolute Gasteiger partial charge is 0.352 e. The van der Waals surface area contributed by atoms with E-state index in [2.05, 4.69) is 27.9 Å². The van der Waals surface area contributed by atoms with E-state index in [-0.39, 0.29) is 17.9 Å². The SMILES string of the molecule is CC(=O)NC1CCCN(C(=O)c2cccc(I)c2)C1. The summed E-state index contributed by atoms with van der Waals surface area (Å²) in [4.78, 5) is 25.3. The van der Waals surface area contributed by atoms with Gasteiger partial charge in [0, 0.05) is 35.2 Å². The maximum Gasteiger partial charge on any atom is 0.253 e. The molecule has 1 heterocycles. The summed E-state index contributed by atoms with van der Waals surface area (Å²) in [5.41, 5.74) is 0.718. The molecule has 1 saturated heterocycles. The molecule has 0 aromatic heterocycles. The first kappa shape index (κ1) is 14.3. The number of halogens is 1. The molecule has 1 atom stereocenters. The molecule has 1 aromatic carbocycles. The molecule has 0 radical (unpaired) electrons. The summed E-state index contributed by atoms with van der Waals surface area (Å²) in [6, 6.07) is 7.67. The van der Waals surface area contributed by atoms with Crippen molar-refractivity contribution in [2.24, 2.45) is 0 Å². The summed E-state index contributed by atoms with van der Waals surface area (Å²) >= 11 is 2.20. The van der Waals surface area contributed by atoms with Gasteiger partial charge in [-0.1, -0.05) is 6.07 Å². The van der Waals surface area contributed by atoms with Crippen LogP contribution in [0.2, 0.25) is 0 Å². The number of rotatable bonds is 2. The van der Waals surface area contributed by atoms with Crippen molar-refractivity contribution in [2.75, 3.05) is 13.1 Å². The van der Waals surface area contributed by atoms with Crippen molar-refractivity contribution in [2.45, 2.75) is 25.8 Å². The lowest BCUT2D eigenvalue weighted by Gasteiger charge is -2.33. The van der Waals surface area contributed by atoms with E-state index in [1.807, 2.05) is 29.2 Å². The fourth-order valence-corrected chi connectivity index (χ4v) is 2.91. The van der Waals surface area contributed by atoms with E-state index in [4.69, 9.17) is 0 Å². The van der Waals surface area contributed by atoms with Gasteiger partial charge in [0.15, 0.2) is 0 Å². The van der Waals surface area contributed by atoms with Crippen LogP contribution in [0.5, 0.6) is 0 Å². The van der Waals surface area contributed by atoms with Gasteiger partial charge in [-0.25, -0.2) is 0 Å². The molecular weight excluding hydrogens is 355 g/mol. The highest BCUT2D eigenvalue weighted by atomic mass is 127. The maximum absolute atomic E-state index is 12.4. The van der Waals surface area contributed by atoms with Crippen molar-refractivity contribution in [3.63, 3.8) is 0 Å². The molecule has 1 aromatic rings. The average molecular weight is 372 g/mol. The molecule has 0 spiro atoms. The smallest absolute Gasteiger partial charge is 0.253 e. The Morgan fingerprint density at radius 1 is 1.42 bits per heavy atom. The van der Waals surface area contributed by atoms with Crippen molar-refractivity contribution in [3.8, 4) is 0 Å². The summed E-state index contributed by atoms with van der Waals surface area (Å²) in [6.07, 6.45) is 1.87. The molecule has 0 saturated carbocycles. The van der Waals surface area contributed by atoms with Crippen molar-refractivity contribution < 1.29 is 9.59 Å². The third-order valence-corrected chi connectivity index (χ3v) is 3.86. The lowest BCUT2D eigenvalue weighted by molar-refractivity contribution is -0.120.